The highest BCUT2D eigenvalue weighted by Gasteiger charge is 2.77. The molecule has 224 valence electrons. The summed E-state index contributed by atoms with van der Waals surface area (Å²) in [4.78, 5) is 71.8. The molecule has 4 amide bonds. The summed E-state index contributed by atoms with van der Waals surface area (Å²) in [5, 5.41) is 41.0. The molecule has 1 saturated carbocycles. The summed E-state index contributed by atoms with van der Waals surface area (Å²) < 4.78 is 5.35. The molecule has 2 saturated heterocycles. The van der Waals surface area contributed by atoms with E-state index in [2.05, 4.69) is 0 Å². The summed E-state index contributed by atoms with van der Waals surface area (Å²) in [6.45, 7) is 4.70. The van der Waals surface area contributed by atoms with Gasteiger partial charge < -0.3 is 25.6 Å². The van der Waals surface area contributed by atoms with E-state index >= 15 is 0 Å². The maximum Gasteiger partial charge on any atom is 0.334 e. The van der Waals surface area contributed by atoms with Crippen LogP contribution in [0.25, 0.3) is 0 Å². The summed E-state index contributed by atoms with van der Waals surface area (Å²) in [6.07, 6.45) is 0. The normalized spacial score (nSPS) is 29.3. The van der Waals surface area contributed by atoms with Crippen molar-refractivity contribution >= 4 is 52.3 Å². The second-order valence-electron chi connectivity index (χ2n) is 11.2. The van der Waals surface area contributed by atoms with Crippen LogP contribution in [0.4, 0.5) is 22.7 Å². The van der Waals surface area contributed by atoms with Gasteiger partial charge in [0.05, 0.1) is 53.0 Å². The third-order valence-electron chi connectivity index (χ3n) is 9.30. The van der Waals surface area contributed by atoms with Crippen molar-refractivity contribution in [2.24, 2.45) is 35.0 Å². The molecule has 14 heteroatoms. The third-order valence-corrected chi connectivity index (χ3v) is 9.30. The van der Waals surface area contributed by atoms with Crippen LogP contribution in [0.3, 0.4) is 0 Å². The van der Waals surface area contributed by atoms with Crippen LogP contribution >= 0.6 is 0 Å². The van der Waals surface area contributed by atoms with Crippen molar-refractivity contribution in [3.63, 3.8) is 0 Å². The van der Waals surface area contributed by atoms with E-state index in [0.29, 0.717) is 5.57 Å². The van der Waals surface area contributed by atoms with Gasteiger partial charge in [-0.3, -0.25) is 29.6 Å². The molecule has 7 rings (SSSR count). The molecule has 3 fully saturated rings. The largest absolute Gasteiger partial charge is 0.733 e. The van der Waals surface area contributed by atoms with E-state index < -0.39 is 75.1 Å². The Hall–Kier alpha value is -4.63. The van der Waals surface area contributed by atoms with Gasteiger partial charge in [-0.15, -0.1) is 0 Å². The topological polar surface area (TPSA) is 194 Å². The van der Waals surface area contributed by atoms with Crippen LogP contribution in [0.5, 0.6) is 0 Å². The molecule has 14 nitrogen and oxygen atoms in total. The molecule has 2 aromatic rings. The lowest BCUT2D eigenvalue weighted by Crippen LogP contribution is -2.61. The number of carbonyl (C=O) groups is 5. The Kier molecular flexibility index (Phi) is 6.43. The quantitative estimate of drug-likeness (QED) is 0.284. The van der Waals surface area contributed by atoms with Gasteiger partial charge in [-0.1, -0.05) is 24.6 Å². The number of esters is 1. The standard InChI is InChI=1S/C29H26N4O10/c1-4-43-28(38)21-13(2)18-19-22(26(36)30(24(19)34)14-7-5-9-16(11-14)32(39)40)29(21,3)23-20(18)25(35)31(27(23)37)15-8-6-10-17(12-15)33(41)42/h5-12,18-20,22-23,39,41H,4H2,1-3H3/q-2/t18?,19-,20+,22+,23-,29?. The van der Waals surface area contributed by atoms with Crippen LogP contribution in [0.15, 0.2) is 59.7 Å². The lowest BCUT2D eigenvalue weighted by atomic mass is 9.43. The van der Waals surface area contributed by atoms with E-state index in [1.165, 1.54) is 43.3 Å². The molecule has 2 bridgehead atoms. The van der Waals surface area contributed by atoms with Crippen molar-refractivity contribution in [1.29, 1.82) is 0 Å². The van der Waals surface area contributed by atoms with Crippen molar-refractivity contribution in [1.82, 2.24) is 0 Å². The van der Waals surface area contributed by atoms with Gasteiger partial charge in [-0.05, 0) is 50.2 Å². The second-order valence-corrected chi connectivity index (χ2v) is 11.2. The summed E-state index contributed by atoms with van der Waals surface area (Å²) in [6, 6.07) is 10.4. The number of nitrogens with zero attached hydrogens (tertiary/aromatic N) is 4. The number of anilines is 4. The highest BCUT2D eigenvalue weighted by Crippen LogP contribution is 2.68. The summed E-state index contributed by atoms with van der Waals surface area (Å²) >= 11 is 0. The minimum atomic E-state index is -1.66. The zero-order valence-corrected chi connectivity index (χ0v) is 23.2. The van der Waals surface area contributed by atoms with E-state index in [1.54, 1.807) is 13.8 Å². The fourth-order valence-corrected chi connectivity index (χ4v) is 7.82. The van der Waals surface area contributed by atoms with Crippen LogP contribution in [0, 0.1) is 45.4 Å². The zero-order valence-electron chi connectivity index (χ0n) is 23.2. The zero-order chi connectivity index (χ0) is 31.1. The Morgan fingerprint density at radius 3 is 1.67 bits per heavy atom. The van der Waals surface area contributed by atoms with Crippen LogP contribution in [0.2, 0.25) is 0 Å². The Labute approximate surface area is 244 Å². The van der Waals surface area contributed by atoms with Gasteiger partial charge in [0.2, 0.25) is 23.6 Å². The molecule has 6 atom stereocenters. The molecule has 2 N–H and O–H groups in total. The summed E-state index contributed by atoms with van der Waals surface area (Å²) in [7, 11) is 0. The minimum absolute atomic E-state index is 0.00237. The SMILES string of the molecule is CCOC(=O)C1=C(C)C2[C@H]3C(=O)N(c4cccc(N([O-])O)c4)C(=O)[C@H]3C1(C)[C@H]1C(=O)N(c3cccc(N([O-])O)c3)C(=O)[C@@H]21. The number of amides is 4. The Bertz CT molecular complexity index is 1540. The molecule has 5 aliphatic rings. The number of ether oxygens (including phenoxy) is 1. The molecule has 2 aromatic carbocycles. The monoisotopic (exact) mass is 590 g/mol. The molecule has 3 aliphatic carbocycles. The number of rotatable bonds is 6. The van der Waals surface area contributed by atoms with Gasteiger partial charge in [0.15, 0.2) is 0 Å². The minimum Gasteiger partial charge on any atom is -0.733 e. The maximum absolute atomic E-state index is 14.2. The molecule has 0 spiro atoms. The highest BCUT2D eigenvalue weighted by atomic mass is 16.8. The molecular weight excluding hydrogens is 564 g/mol. The Balaban J connectivity index is 1.52. The lowest BCUT2D eigenvalue weighted by molar-refractivity contribution is -0.155. The maximum atomic E-state index is 14.2. The highest BCUT2D eigenvalue weighted by molar-refractivity contribution is 6.27. The van der Waals surface area contributed by atoms with Crippen LogP contribution in [-0.4, -0.2) is 46.6 Å². The summed E-state index contributed by atoms with van der Waals surface area (Å²) in [5.74, 6) is -9.36. The Morgan fingerprint density at radius 2 is 1.28 bits per heavy atom. The van der Waals surface area contributed by atoms with Crippen LogP contribution in [0.1, 0.15) is 20.8 Å². The van der Waals surface area contributed by atoms with Gasteiger partial charge in [0, 0.05) is 16.9 Å². The van der Waals surface area contributed by atoms with Crippen molar-refractivity contribution in [2.75, 3.05) is 26.9 Å². The number of allylic oxidation sites excluding steroid dienone is 1. The first-order valence-electron chi connectivity index (χ1n) is 13.5. The summed E-state index contributed by atoms with van der Waals surface area (Å²) in [5.41, 5.74) is -1.71. The first kappa shape index (κ1) is 28.5. The fourth-order valence-electron chi connectivity index (χ4n) is 7.82. The van der Waals surface area contributed by atoms with Crippen molar-refractivity contribution in [2.45, 2.75) is 20.8 Å². The predicted octanol–water partition coefficient (Wildman–Crippen LogP) is 2.51. The molecule has 43 heavy (non-hydrogen) atoms. The van der Waals surface area contributed by atoms with Crippen LogP contribution < -0.4 is 20.3 Å². The number of hydrogen-bond acceptors (Lipinski definition) is 12. The molecule has 2 aliphatic heterocycles. The first-order valence-corrected chi connectivity index (χ1v) is 13.5. The molecule has 2 heterocycles. The lowest BCUT2D eigenvalue weighted by Gasteiger charge is -2.55. The Morgan fingerprint density at radius 1 is 0.837 bits per heavy atom. The number of benzene rings is 2. The molecule has 2 unspecified atom stereocenters. The van der Waals surface area contributed by atoms with Gasteiger partial charge in [0.1, 0.15) is 0 Å². The first-order chi connectivity index (χ1) is 20.4. The van der Waals surface area contributed by atoms with E-state index in [9.17, 15) is 44.8 Å². The van der Waals surface area contributed by atoms with E-state index in [1.807, 2.05) is 0 Å². The van der Waals surface area contributed by atoms with Gasteiger partial charge >= 0.3 is 5.97 Å². The number of imide groups is 2. The van der Waals surface area contributed by atoms with Crippen LogP contribution in [-0.2, 0) is 28.7 Å². The van der Waals surface area contributed by atoms with E-state index in [-0.39, 0.29) is 34.9 Å². The van der Waals surface area contributed by atoms with E-state index in [0.717, 1.165) is 21.9 Å². The smallest absolute Gasteiger partial charge is 0.334 e. The van der Waals surface area contributed by atoms with Gasteiger partial charge in [-0.2, -0.15) is 0 Å². The number of hydrogen-bond donors (Lipinski definition) is 2. The average molecular weight is 591 g/mol. The molecule has 0 aromatic heterocycles. The fraction of sp³-hybridized carbons (Fsp3) is 0.345. The second kappa shape index (κ2) is 9.70. The molecule has 0 radical (unpaired) electrons. The number of carbonyl (C=O) groups excluding carboxylic acids is 5. The third kappa shape index (κ3) is 3.70. The van der Waals surface area contributed by atoms with Gasteiger partial charge in [0.25, 0.3) is 0 Å². The van der Waals surface area contributed by atoms with Gasteiger partial charge in [-0.25, -0.2) is 14.6 Å². The van der Waals surface area contributed by atoms with Crippen molar-refractivity contribution < 1.29 is 39.1 Å². The van der Waals surface area contributed by atoms with E-state index in [4.69, 9.17) is 4.74 Å². The van der Waals surface area contributed by atoms with Crippen molar-refractivity contribution in [3.05, 3.63) is 70.1 Å². The predicted molar refractivity (Wildman–Crippen MR) is 148 cm³/mol. The average Bonchev–Trinajstić information content (AvgIpc) is 3.39. The molecular formula is C29H26N4O10-2. The van der Waals surface area contributed by atoms with Crippen molar-refractivity contribution in [3.8, 4) is 0 Å².